The predicted molar refractivity (Wildman–Crippen MR) is 82.0 cm³/mol. The molecule has 21 heavy (non-hydrogen) atoms. The highest BCUT2D eigenvalue weighted by molar-refractivity contribution is 7.99. The molecule has 0 aliphatic heterocycles. The lowest BCUT2D eigenvalue weighted by molar-refractivity contribution is -0.157. The number of thioether (sulfide) groups is 1. The second-order valence-corrected chi connectivity index (χ2v) is 5.54. The van der Waals surface area contributed by atoms with Crippen molar-refractivity contribution in [2.45, 2.75) is 52.2 Å². The van der Waals surface area contributed by atoms with Crippen molar-refractivity contribution in [2.75, 3.05) is 18.1 Å². The number of Topliss-reactive ketones (excluding diaryl/α,β-unsaturated/α-hetero) is 1. The Hall–Kier alpha value is -1.08. The molecule has 0 saturated carbocycles. The summed E-state index contributed by atoms with van der Waals surface area (Å²) in [5.41, 5.74) is 5.72. The molecule has 0 heterocycles. The van der Waals surface area contributed by atoms with Crippen LogP contribution in [0, 0.1) is 0 Å². The molecule has 122 valence electrons. The number of hydrogen-bond donors (Lipinski definition) is 1. The van der Waals surface area contributed by atoms with Crippen LogP contribution in [-0.2, 0) is 23.9 Å². The average molecular weight is 319 g/mol. The zero-order chi connectivity index (χ0) is 16.3. The van der Waals surface area contributed by atoms with E-state index in [9.17, 15) is 14.4 Å². The van der Waals surface area contributed by atoms with Gasteiger partial charge in [-0.3, -0.25) is 14.4 Å². The number of ether oxygens (including phenoxy) is 2. The maximum atomic E-state index is 11.4. The summed E-state index contributed by atoms with van der Waals surface area (Å²) in [6, 6.07) is -0.513. The van der Waals surface area contributed by atoms with E-state index in [-0.39, 0.29) is 37.2 Å². The van der Waals surface area contributed by atoms with Crippen molar-refractivity contribution in [2.24, 2.45) is 5.73 Å². The van der Waals surface area contributed by atoms with E-state index in [1.54, 1.807) is 20.8 Å². The third-order valence-electron chi connectivity index (χ3n) is 2.67. The van der Waals surface area contributed by atoms with Gasteiger partial charge in [0.25, 0.3) is 0 Å². The van der Waals surface area contributed by atoms with Crippen molar-refractivity contribution in [3.05, 3.63) is 0 Å². The Labute approximate surface area is 130 Å². The summed E-state index contributed by atoms with van der Waals surface area (Å²) >= 11 is 1.41. The van der Waals surface area contributed by atoms with Crippen LogP contribution in [0.15, 0.2) is 0 Å². The van der Waals surface area contributed by atoms with Gasteiger partial charge in [-0.1, -0.05) is 20.8 Å². The predicted octanol–water partition coefficient (Wildman–Crippen LogP) is 1.30. The van der Waals surface area contributed by atoms with E-state index >= 15 is 0 Å². The molecular formula is C14H25NO5S. The average Bonchev–Trinajstić information content (AvgIpc) is 2.50. The second kappa shape index (κ2) is 11.6. The fraction of sp³-hybridized carbons (Fsp3) is 0.786. The van der Waals surface area contributed by atoms with Gasteiger partial charge in [-0.05, 0) is 0 Å². The summed E-state index contributed by atoms with van der Waals surface area (Å²) in [4.78, 5) is 33.9. The maximum absolute atomic E-state index is 11.4. The molecule has 0 amide bonds. The molecule has 2 N–H and O–H groups in total. The number of rotatable bonds is 11. The fourth-order valence-corrected chi connectivity index (χ4v) is 2.36. The third kappa shape index (κ3) is 9.47. The second-order valence-electron chi connectivity index (χ2n) is 4.47. The summed E-state index contributed by atoms with van der Waals surface area (Å²) in [7, 11) is 0. The topological polar surface area (TPSA) is 95.7 Å². The molecule has 0 radical (unpaired) electrons. The Morgan fingerprint density at radius 3 is 2.14 bits per heavy atom. The van der Waals surface area contributed by atoms with Gasteiger partial charge in [0.2, 0.25) is 0 Å². The molecule has 0 spiro atoms. The van der Waals surface area contributed by atoms with E-state index in [0.29, 0.717) is 17.9 Å². The Morgan fingerprint density at radius 1 is 1.00 bits per heavy atom. The van der Waals surface area contributed by atoms with Crippen molar-refractivity contribution >= 4 is 29.5 Å². The molecule has 0 rings (SSSR count). The van der Waals surface area contributed by atoms with Crippen LogP contribution in [0.1, 0.15) is 40.0 Å². The van der Waals surface area contributed by atoms with Crippen molar-refractivity contribution in [1.82, 2.24) is 0 Å². The van der Waals surface area contributed by atoms with Gasteiger partial charge in [0, 0.05) is 30.8 Å². The van der Waals surface area contributed by atoms with Crippen LogP contribution >= 0.6 is 11.8 Å². The highest BCUT2D eigenvalue weighted by Crippen LogP contribution is 2.10. The Bertz CT molecular complexity index is 348. The van der Waals surface area contributed by atoms with Crippen LogP contribution in [0.2, 0.25) is 0 Å². The normalized spacial score (nSPS) is 13.3. The minimum atomic E-state index is -0.513. The molecule has 0 aromatic rings. The first-order chi connectivity index (χ1) is 9.94. The fourth-order valence-electron chi connectivity index (χ4n) is 1.35. The number of esters is 2. The maximum Gasteiger partial charge on any atom is 0.305 e. The van der Waals surface area contributed by atoms with Crippen molar-refractivity contribution in [3.8, 4) is 0 Å². The summed E-state index contributed by atoms with van der Waals surface area (Å²) in [6.45, 7) is 5.19. The minimum absolute atomic E-state index is 0.00186. The molecular weight excluding hydrogens is 294 g/mol. The Balaban J connectivity index is 4.23. The van der Waals surface area contributed by atoms with Gasteiger partial charge in [0.15, 0.2) is 0 Å². The van der Waals surface area contributed by atoms with E-state index in [2.05, 4.69) is 0 Å². The summed E-state index contributed by atoms with van der Waals surface area (Å²) < 4.78 is 10.2. The number of nitrogens with two attached hydrogens (primary N) is 1. The lowest BCUT2D eigenvalue weighted by Gasteiger charge is -2.18. The molecule has 0 aliphatic rings. The van der Waals surface area contributed by atoms with Gasteiger partial charge >= 0.3 is 11.9 Å². The van der Waals surface area contributed by atoms with E-state index in [0.717, 1.165) is 0 Å². The Morgan fingerprint density at radius 2 is 1.62 bits per heavy atom. The van der Waals surface area contributed by atoms with Crippen LogP contribution < -0.4 is 5.73 Å². The van der Waals surface area contributed by atoms with Gasteiger partial charge in [-0.2, -0.15) is 11.8 Å². The van der Waals surface area contributed by atoms with Gasteiger partial charge in [0.05, 0.1) is 6.04 Å². The van der Waals surface area contributed by atoms with Gasteiger partial charge in [-0.15, -0.1) is 0 Å². The van der Waals surface area contributed by atoms with Gasteiger partial charge in [-0.25, -0.2) is 0 Å². The molecule has 6 nitrogen and oxygen atoms in total. The molecule has 0 aliphatic carbocycles. The number of ketones is 1. The van der Waals surface area contributed by atoms with Crippen LogP contribution in [0.25, 0.3) is 0 Å². The van der Waals surface area contributed by atoms with Crippen LogP contribution in [0.3, 0.4) is 0 Å². The Kier molecular flexibility index (Phi) is 11.0. The largest absolute Gasteiger partial charge is 0.462 e. The monoisotopic (exact) mass is 319 g/mol. The smallest absolute Gasteiger partial charge is 0.305 e. The number of carbonyl (C=O) groups is 3. The molecule has 0 fully saturated rings. The molecule has 0 saturated heterocycles. The molecule has 0 aromatic heterocycles. The lowest BCUT2D eigenvalue weighted by atomic mass is 10.2. The number of hydrogen-bond acceptors (Lipinski definition) is 7. The lowest BCUT2D eigenvalue weighted by Crippen LogP contribution is -2.33. The highest BCUT2D eigenvalue weighted by Gasteiger charge is 2.18. The van der Waals surface area contributed by atoms with E-state index < -0.39 is 12.1 Å². The first kappa shape index (κ1) is 19.9. The van der Waals surface area contributed by atoms with Gasteiger partial charge < -0.3 is 15.2 Å². The van der Waals surface area contributed by atoms with Crippen LogP contribution in [-0.4, -0.2) is 48.0 Å². The van der Waals surface area contributed by atoms with E-state index in [1.165, 1.54) is 11.8 Å². The highest BCUT2D eigenvalue weighted by atomic mass is 32.2. The third-order valence-corrected chi connectivity index (χ3v) is 3.87. The summed E-state index contributed by atoms with van der Waals surface area (Å²) in [5.74, 6) is 0.210. The minimum Gasteiger partial charge on any atom is -0.462 e. The van der Waals surface area contributed by atoms with Crippen molar-refractivity contribution in [3.63, 3.8) is 0 Å². The molecule has 2 atom stereocenters. The molecule has 2 unspecified atom stereocenters. The molecule has 7 heteroatoms. The zero-order valence-electron chi connectivity index (χ0n) is 12.9. The quantitative estimate of drug-likeness (QED) is 0.573. The molecule has 0 bridgehead atoms. The van der Waals surface area contributed by atoms with E-state index in [1.807, 2.05) is 0 Å². The number of carbonyl (C=O) groups excluding carboxylic acids is 3. The first-order valence-electron chi connectivity index (χ1n) is 7.15. The van der Waals surface area contributed by atoms with Gasteiger partial charge in [0.1, 0.15) is 18.5 Å². The SMILES string of the molecule is CCC(=O)OCC(CSCC(N)C(=O)CC)OC(=O)CC. The van der Waals surface area contributed by atoms with Crippen molar-refractivity contribution in [1.29, 1.82) is 0 Å². The summed E-state index contributed by atoms with van der Waals surface area (Å²) in [6.07, 6.45) is 0.431. The summed E-state index contributed by atoms with van der Waals surface area (Å²) in [5, 5.41) is 0. The molecule has 0 aromatic carbocycles. The zero-order valence-corrected chi connectivity index (χ0v) is 13.7. The standard InChI is InChI=1S/C14H25NO5S/c1-4-12(16)11(15)9-21-8-10(20-14(18)6-3)7-19-13(17)5-2/h10-11H,4-9,15H2,1-3H3. The van der Waals surface area contributed by atoms with Crippen LogP contribution in [0.4, 0.5) is 0 Å². The van der Waals surface area contributed by atoms with Crippen LogP contribution in [0.5, 0.6) is 0 Å². The van der Waals surface area contributed by atoms with Crippen molar-refractivity contribution < 1.29 is 23.9 Å². The van der Waals surface area contributed by atoms with E-state index in [4.69, 9.17) is 15.2 Å². The first-order valence-corrected chi connectivity index (χ1v) is 8.31.